The first-order valence-electron chi connectivity index (χ1n) is 5.69. The summed E-state index contributed by atoms with van der Waals surface area (Å²) in [7, 11) is 1.73. The Hall–Kier alpha value is -0.670. The quantitative estimate of drug-likeness (QED) is 0.818. The molecule has 3 heteroatoms. The van der Waals surface area contributed by atoms with Gasteiger partial charge in [-0.15, -0.1) is 11.8 Å². The summed E-state index contributed by atoms with van der Waals surface area (Å²) in [5, 5.41) is 0. The number of rotatable bonds is 4. The van der Waals surface area contributed by atoms with Crippen molar-refractivity contribution in [2.24, 2.45) is 5.73 Å². The summed E-state index contributed by atoms with van der Waals surface area (Å²) in [6, 6.07) is 4.36. The second-order valence-electron chi connectivity index (χ2n) is 4.37. The van der Waals surface area contributed by atoms with Crippen LogP contribution in [-0.4, -0.2) is 13.4 Å². The molecule has 0 radical (unpaired) electrons. The van der Waals surface area contributed by atoms with Crippen LogP contribution in [0.1, 0.15) is 30.9 Å². The molecule has 0 aromatic heterocycles. The second kappa shape index (κ2) is 4.30. The number of thioether (sulfide) groups is 1. The third-order valence-electron chi connectivity index (χ3n) is 3.31. The van der Waals surface area contributed by atoms with Crippen molar-refractivity contribution in [3.05, 3.63) is 23.3 Å². The van der Waals surface area contributed by atoms with E-state index in [0.717, 1.165) is 25.0 Å². The van der Waals surface area contributed by atoms with Crippen LogP contribution in [0.4, 0.5) is 0 Å². The fourth-order valence-electron chi connectivity index (χ4n) is 2.03. The fraction of sp³-hybridized carbons (Fsp3) is 0.538. The highest BCUT2D eigenvalue weighted by Gasteiger charge is 2.42. The molecule has 0 aliphatic heterocycles. The first-order valence-corrected chi connectivity index (χ1v) is 6.91. The third-order valence-corrected chi connectivity index (χ3v) is 4.09. The van der Waals surface area contributed by atoms with Gasteiger partial charge in [-0.25, -0.2) is 0 Å². The minimum absolute atomic E-state index is 0.0854. The van der Waals surface area contributed by atoms with Gasteiger partial charge in [0.15, 0.2) is 0 Å². The largest absolute Gasteiger partial charge is 0.496 e. The van der Waals surface area contributed by atoms with Crippen LogP contribution in [0.3, 0.4) is 0 Å². The Kier molecular flexibility index (Phi) is 3.17. The normalized spacial score (nSPS) is 17.2. The van der Waals surface area contributed by atoms with Crippen LogP contribution in [0.15, 0.2) is 17.0 Å². The molecule has 1 aliphatic rings. The van der Waals surface area contributed by atoms with Crippen LogP contribution in [0.2, 0.25) is 0 Å². The number of aryl methyl sites for hydroxylation is 1. The number of hydrogen-bond acceptors (Lipinski definition) is 3. The van der Waals surface area contributed by atoms with Gasteiger partial charge in [-0.05, 0) is 48.8 Å². The van der Waals surface area contributed by atoms with Crippen molar-refractivity contribution in [3.63, 3.8) is 0 Å². The van der Waals surface area contributed by atoms with E-state index in [9.17, 15) is 0 Å². The van der Waals surface area contributed by atoms with Crippen LogP contribution in [0.5, 0.6) is 5.75 Å². The van der Waals surface area contributed by atoms with E-state index in [1.54, 1.807) is 18.9 Å². The molecule has 2 nitrogen and oxygen atoms in total. The molecule has 0 amide bonds. The standard InChI is InChI=1S/C13H19NOS/c1-4-9-7-12(16-3)10(8-11(9)15-2)13(14)5-6-13/h7-8H,4-6,14H2,1-3H3. The zero-order valence-corrected chi connectivity index (χ0v) is 11.0. The Balaban J connectivity index is 2.51. The Labute approximate surface area is 102 Å². The van der Waals surface area contributed by atoms with E-state index in [-0.39, 0.29) is 5.54 Å². The van der Waals surface area contributed by atoms with Crippen molar-refractivity contribution in [3.8, 4) is 5.75 Å². The lowest BCUT2D eigenvalue weighted by Crippen LogP contribution is -2.20. The van der Waals surface area contributed by atoms with Crippen LogP contribution < -0.4 is 10.5 Å². The van der Waals surface area contributed by atoms with E-state index in [2.05, 4.69) is 25.3 Å². The Morgan fingerprint density at radius 3 is 2.56 bits per heavy atom. The molecular formula is C13H19NOS. The summed E-state index contributed by atoms with van der Waals surface area (Å²) < 4.78 is 5.43. The Morgan fingerprint density at radius 1 is 1.44 bits per heavy atom. The minimum Gasteiger partial charge on any atom is -0.496 e. The van der Waals surface area contributed by atoms with Crippen molar-refractivity contribution in [1.29, 1.82) is 0 Å². The molecule has 1 fully saturated rings. The first-order chi connectivity index (χ1) is 7.64. The van der Waals surface area contributed by atoms with Gasteiger partial charge in [0, 0.05) is 10.4 Å². The molecule has 1 saturated carbocycles. The van der Waals surface area contributed by atoms with Gasteiger partial charge in [0.05, 0.1) is 7.11 Å². The third kappa shape index (κ3) is 1.94. The lowest BCUT2D eigenvalue weighted by Gasteiger charge is -2.17. The Morgan fingerprint density at radius 2 is 2.12 bits per heavy atom. The first kappa shape index (κ1) is 11.8. The number of hydrogen-bond donors (Lipinski definition) is 1. The molecule has 0 bridgehead atoms. The van der Waals surface area contributed by atoms with Gasteiger partial charge in [-0.3, -0.25) is 0 Å². The summed E-state index contributed by atoms with van der Waals surface area (Å²) in [5.74, 6) is 0.979. The maximum absolute atomic E-state index is 6.29. The van der Waals surface area contributed by atoms with Gasteiger partial charge >= 0.3 is 0 Å². The average molecular weight is 237 g/mol. The highest BCUT2D eigenvalue weighted by molar-refractivity contribution is 7.98. The molecule has 1 aromatic rings. The zero-order valence-electron chi connectivity index (χ0n) is 10.2. The van der Waals surface area contributed by atoms with Crippen molar-refractivity contribution >= 4 is 11.8 Å². The summed E-state index contributed by atoms with van der Waals surface area (Å²) in [6.07, 6.45) is 5.29. The van der Waals surface area contributed by atoms with E-state index in [1.807, 2.05) is 0 Å². The number of nitrogens with two attached hydrogens (primary N) is 1. The second-order valence-corrected chi connectivity index (χ2v) is 5.22. The highest BCUT2D eigenvalue weighted by Crippen LogP contribution is 2.47. The minimum atomic E-state index is -0.0854. The lowest BCUT2D eigenvalue weighted by molar-refractivity contribution is 0.408. The molecule has 16 heavy (non-hydrogen) atoms. The van der Waals surface area contributed by atoms with Gasteiger partial charge in [-0.1, -0.05) is 6.92 Å². The molecule has 2 N–H and O–H groups in total. The number of benzene rings is 1. The molecule has 0 atom stereocenters. The summed E-state index contributed by atoms with van der Waals surface area (Å²) in [4.78, 5) is 1.30. The highest BCUT2D eigenvalue weighted by atomic mass is 32.2. The average Bonchev–Trinajstić information content (AvgIpc) is 3.06. The zero-order chi connectivity index (χ0) is 11.8. The van der Waals surface area contributed by atoms with Crippen molar-refractivity contribution in [2.45, 2.75) is 36.6 Å². The van der Waals surface area contributed by atoms with E-state index >= 15 is 0 Å². The number of ether oxygens (including phenoxy) is 1. The SMILES string of the molecule is CCc1cc(SC)c(C2(N)CC2)cc1OC. The molecule has 2 rings (SSSR count). The van der Waals surface area contributed by atoms with Gasteiger partial charge in [-0.2, -0.15) is 0 Å². The molecule has 0 saturated heterocycles. The summed E-state index contributed by atoms with van der Waals surface area (Å²) in [6.45, 7) is 2.15. The molecular weight excluding hydrogens is 218 g/mol. The molecule has 88 valence electrons. The lowest BCUT2D eigenvalue weighted by atomic mass is 10.0. The fourth-order valence-corrected chi connectivity index (χ4v) is 2.77. The van der Waals surface area contributed by atoms with Crippen LogP contribution in [-0.2, 0) is 12.0 Å². The van der Waals surface area contributed by atoms with Crippen LogP contribution >= 0.6 is 11.8 Å². The smallest absolute Gasteiger partial charge is 0.122 e. The summed E-state index contributed by atoms with van der Waals surface area (Å²) >= 11 is 1.78. The van der Waals surface area contributed by atoms with Crippen LogP contribution in [0.25, 0.3) is 0 Å². The van der Waals surface area contributed by atoms with E-state index in [1.165, 1.54) is 16.0 Å². The molecule has 1 aromatic carbocycles. The molecule has 0 unspecified atom stereocenters. The van der Waals surface area contributed by atoms with Crippen molar-refractivity contribution in [2.75, 3.05) is 13.4 Å². The molecule has 0 heterocycles. The van der Waals surface area contributed by atoms with E-state index in [4.69, 9.17) is 10.5 Å². The predicted octanol–water partition coefficient (Wildman–Crippen LogP) is 2.93. The van der Waals surface area contributed by atoms with E-state index in [0.29, 0.717) is 0 Å². The topological polar surface area (TPSA) is 35.2 Å². The van der Waals surface area contributed by atoms with Gasteiger partial charge in [0.1, 0.15) is 5.75 Å². The molecule has 0 spiro atoms. The summed E-state index contributed by atoms with van der Waals surface area (Å²) in [5.41, 5.74) is 8.73. The van der Waals surface area contributed by atoms with Gasteiger partial charge in [0.2, 0.25) is 0 Å². The maximum atomic E-state index is 6.29. The Bertz CT molecular complexity index is 399. The maximum Gasteiger partial charge on any atom is 0.122 e. The monoisotopic (exact) mass is 237 g/mol. The van der Waals surface area contributed by atoms with Gasteiger partial charge in [0.25, 0.3) is 0 Å². The van der Waals surface area contributed by atoms with Gasteiger partial charge < -0.3 is 10.5 Å². The predicted molar refractivity (Wildman–Crippen MR) is 69.3 cm³/mol. The van der Waals surface area contributed by atoms with E-state index < -0.39 is 0 Å². The van der Waals surface area contributed by atoms with Crippen molar-refractivity contribution in [1.82, 2.24) is 0 Å². The molecule has 1 aliphatic carbocycles. The van der Waals surface area contributed by atoms with Crippen molar-refractivity contribution < 1.29 is 4.74 Å². The van der Waals surface area contributed by atoms with Crippen LogP contribution in [0, 0.1) is 0 Å². The number of methoxy groups -OCH3 is 1.